The lowest BCUT2D eigenvalue weighted by Gasteiger charge is -1.77. The first-order chi connectivity index (χ1) is 3.31. The standard InChI is InChI=1S/C5H13P2/c1-4-5-7(3)6-2/h4-5H2,1-3H3/q+1. The Hall–Kier alpha value is 0.600. The van der Waals surface area contributed by atoms with Gasteiger partial charge < -0.3 is 0 Å². The van der Waals surface area contributed by atoms with Crippen molar-refractivity contribution < 1.29 is 0 Å². The second kappa shape index (κ2) is 4.75. The van der Waals surface area contributed by atoms with Gasteiger partial charge >= 0.3 is 0 Å². The molecule has 0 aliphatic heterocycles. The van der Waals surface area contributed by atoms with Crippen LogP contribution in [0.15, 0.2) is 0 Å². The minimum Gasteiger partial charge on any atom is -0.0615 e. The molecule has 0 saturated heterocycles. The molecule has 0 saturated carbocycles. The number of hydrogen-bond acceptors (Lipinski definition) is 0. The van der Waals surface area contributed by atoms with Crippen molar-refractivity contribution in [2.24, 2.45) is 0 Å². The minimum absolute atomic E-state index is 0.394. The molecule has 1 atom stereocenters. The molecule has 0 rings (SSSR count). The van der Waals surface area contributed by atoms with E-state index in [1.807, 2.05) is 0 Å². The lowest BCUT2D eigenvalue weighted by molar-refractivity contribution is 1.10. The van der Waals surface area contributed by atoms with Gasteiger partial charge in [0.25, 0.3) is 0 Å². The second-order valence-corrected chi connectivity index (χ2v) is 6.99. The van der Waals surface area contributed by atoms with Gasteiger partial charge in [0.1, 0.15) is 21.2 Å². The molecule has 7 heavy (non-hydrogen) atoms. The maximum absolute atomic E-state index is 2.36. The molecule has 0 fully saturated rings. The fourth-order valence-corrected chi connectivity index (χ4v) is 2.47. The average Bonchev–Trinajstić information content (AvgIpc) is 1.68. The smallest absolute Gasteiger partial charge is 0.0615 e. The van der Waals surface area contributed by atoms with Crippen molar-refractivity contribution >= 4 is 15.1 Å². The van der Waals surface area contributed by atoms with Crippen LogP contribution in [0, 0.1) is 0 Å². The molecule has 0 aliphatic carbocycles. The van der Waals surface area contributed by atoms with Gasteiger partial charge in [-0.05, 0) is 6.42 Å². The highest BCUT2D eigenvalue weighted by Gasteiger charge is 1.93. The Morgan fingerprint density at radius 3 is 2.29 bits per heavy atom. The SMILES string of the molecule is CCC[P+](C)=PC. The summed E-state index contributed by atoms with van der Waals surface area (Å²) in [5.41, 5.74) is 0. The van der Waals surface area contributed by atoms with E-state index in [1.54, 1.807) is 7.87 Å². The second-order valence-electron chi connectivity index (χ2n) is 1.58. The normalized spacial score (nSPS) is 12.1. The van der Waals surface area contributed by atoms with Crippen LogP contribution in [0.25, 0.3) is 0 Å². The Morgan fingerprint density at radius 2 is 2.14 bits per heavy atom. The highest BCUT2D eigenvalue weighted by Crippen LogP contribution is 2.29. The van der Waals surface area contributed by atoms with Gasteiger partial charge in [-0.15, -0.1) is 0 Å². The summed E-state index contributed by atoms with van der Waals surface area (Å²) in [6.45, 7) is 6.87. The molecule has 0 aliphatic rings. The molecule has 0 aromatic rings. The molecule has 0 aromatic heterocycles. The summed E-state index contributed by atoms with van der Waals surface area (Å²) in [4.78, 5) is 0. The van der Waals surface area contributed by atoms with Crippen LogP contribution in [0.3, 0.4) is 0 Å². The maximum Gasteiger partial charge on any atom is 0.115 e. The molecule has 0 amide bonds. The fourth-order valence-electron chi connectivity index (χ4n) is 0.424. The summed E-state index contributed by atoms with van der Waals surface area (Å²) < 4.78 is 0. The van der Waals surface area contributed by atoms with Crippen LogP contribution >= 0.6 is 15.1 Å². The molecule has 42 valence electrons. The molecule has 2 heteroatoms. The van der Waals surface area contributed by atoms with Crippen LogP contribution in [0.5, 0.6) is 0 Å². The third kappa shape index (κ3) is 4.45. The summed E-state index contributed by atoms with van der Waals surface area (Å²) in [6.07, 6.45) is 2.82. The Morgan fingerprint density at radius 1 is 1.57 bits per heavy atom. The predicted molar refractivity (Wildman–Crippen MR) is 40.8 cm³/mol. The Balaban J connectivity index is 3.17. The lowest BCUT2D eigenvalue weighted by atomic mass is 10.6. The number of rotatable bonds is 2. The van der Waals surface area contributed by atoms with Crippen LogP contribution in [0.4, 0.5) is 0 Å². The summed E-state index contributed by atoms with van der Waals surface area (Å²) in [5, 5.41) is 0. The van der Waals surface area contributed by atoms with Crippen molar-refractivity contribution in [1.29, 1.82) is 0 Å². The van der Waals surface area contributed by atoms with Gasteiger partial charge in [0.05, 0.1) is 6.66 Å². The van der Waals surface area contributed by atoms with E-state index in [0.29, 0.717) is 7.21 Å². The van der Waals surface area contributed by atoms with Crippen molar-refractivity contribution in [2.45, 2.75) is 13.3 Å². The largest absolute Gasteiger partial charge is 0.115 e. The third-order valence-electron chi connectivity index (χ3n) is 0.889. The van der Waals surface area contributed by atoms with E-state index in [1.165, 1.54) is 12.6 Å². The number of hydrogen-bond donors (Lipinski definition) is 0. The van der Waals surface area contributed by atoms with Gasteiger partial charge in [-0.2, -0.15) is 0 Å². The monoisotopic (exact) mass is 135 g/mol. The minimum atomic E-state index is 0.394. The van der Waals surface area contributed by atoms with Gasteiger partial charge in [-0.3, -0.25) is 0 Å². The summed E-state index contributed by atoms with van der Waals surface area (Å²) in [6, 6.07) is 0. The fraction of sp³-hybridized carbons (Fsp3) is 1.00. The van der Waals surface area contributed by atoms with Crippen LogP contribution in [-0.4, -0.2) is 19.5 Å². The summed E-state index contributed by atoms with van der Waals surface area (Å²) >= 11 is 0. The quantitative estimate of drug-likeness (QED) is 0.510. The molecular weight excluding hydrogens is 122 g/mol. The van der Waals surface area contributed by atoms with E-state index in [4.69, 9.17) is 0 Å². The lowest BCUT2D eigenvalue weighted by Crippen LogP contribution is -1.65. The highest BCUT2D eigenvalue weighted by atomic mass is 31.8. The predicted octanol–water partition coefficient (Wildman–Crippen LogP) is 3.00. The molecule has 0 radical (unpaired) electrons. The molecule has 0 nitrogen and oxygen atoms in total. The van der Waals surface area contributed by atoms with E-state index in [9.17, 15) is 0 Å². The summed E-state index contributed by atoms with van der Waals surface area (Å²) in [7, 11) is 2.00. The first kappa shape index (κ1) is 7.60. The first-order valence-electron chi connectivity index (χ1n) is 2.62. The van der Waals surface area contributed by atoms with Gasteiger partial charge in [0.15, 0.2) is 0 Å². The van der Waals surface area contributed by atoms with Crippen LogP contribution in [0.2, 0.25) is 0 Å². The van der Waals surface area contributed by atoms with Crippen molar-refractivity contribution in [3.05, 3.63) is 0 Å². The molecule has 0 heterocycles. The summed E-state index contributed by atoms with van der Waals surface area (Å²) in [5.74, 6) is 0. The molecule has 0 aromatic carbocycles. The van der Waals surface area contributed by atoms with Crippen molar-refractivity contribution in [2.75, 3.05) is 19.5 Å². The zero-order valence-electron chi connectivity index (χ0n) is 5.31. The molecule has 1 unspecified atom stereocenters. The van der Waals surface area contributed by atoms with Crippen molar-refractivity contribution in [3.63, 3.8) is 0 Å². The van der Waals surface area contributed by atoms with Crippen molar-refractivity contribution in [3.8, 4) is 0 Å². The third-order valence-corrected chi connectivity index (χ3v) is 5.31. The van der Waals surface area contributed by atoms with E-state index in [0.717, 1.165) is 0 Å². The van der Waals surface area contributed by atoms with Gasteiger partial charge in [-0.1, -0.05) is 6.92 Å². The topological polar surface area (TPSA) is 0 Å². The van der Waals surface area contributed by atoms with Crippen LogP contribution in [-0.2, 0) is 0 Å². The average molecular weight is 135 g/mol. The molecular formula is C5H13P2+. The van der Waals surface area contributed by atoms with Crippen molar-refractivity contribution in [1.82, 2.24) is 0 Å². The van der Waals surface area contributed by atoms with Crippen LogP contribution < -0.4 is 0 Å². The van der Waals surface area contributed by atoms with E-state index in [2.05, 4.69) is 20.3 Å². The molecule has 0 spiro atoms. The Labute approximate surface area is 48.7 Å². The van der Waals surface area contributed by atoms with Gasteiger partial charge in [0.2, 0.25) is 0 Å². The zero-order valence-corrected chi connectivity index (χ0v) is 7.10. The first-order valence-corrected chi connectivity index (χ1v) is 6.64. The van der Waals surface area contributed by atoms with Gasteiger partial charge in [-0.25, -0.2) is 0 Å². The van der Waals surface area contributed by atoms with Gasteiger partial charge in [0, 0.05) is 6.66 Å². The molecule has 0 bridgehead atoms. The zero-order chi connectivity index (χ0) is 5.70. The molecule has 0 N–H and O–H groups in total. The highest BCUT2D eigenvalue weighted by molar-refractivity contribution is 7.93. The van der Waals surface area contributed by atoms with E-state index >= 15 is 0 Å². The maximum atomic E-state index is 2.36. The Kier molecular flexibility index (Phi) is 5.16. The Bertz CT molecular complexity index is 66.5. The van der Waals surface area contributed by atoms with E-state index in [-0.39, 0.29) is 0 Å². The van der Waals surface area contributed by atoms with E-state index < -0.39 is 0 Å². The van der Waals surface area contributed by atoms with Crippen LogP contribution in [0.1, 0.15) is 13.3 Å².